The van der Waals surface area contributed by atoms with Gasteiger partial charge in [-0.3, -0.25) is 9.59 Å². The molecule has 0 spiro atoms. The molecule has 0 bridgehead atoms. The molecule has 2 amide bonds. The van der Waals surface area contributed by atoms with Crippen molar-refractivity contribution in [2.75, 3.05) is 37.0 Å². The van der Waals surface area contributed by atoms with Gasteiger partial charge in [0.2, 0.25) is 11.8 Å². The minimum absolute atomic E-state index is 0.0297. The Morgan fingerprint density at radius 2 is 2.11 bits per heavy atom. The number of benzene rings is 1. The number of ether oxygens (including phenoxy) is 1. The molecule has 2 N–H and O–H groups in total. The van der Waals surface area contributed by atoms with Crippen molar-refractivity contribution in [1.82, 2.24) is 5.32 Å². The van der Waals surface area contributed by atoms with Crippen LogP contribution in [0.5, 0.6) is 5.75 Å². The number of carbonyl (C=O) groups is 2. The van der Waals surface area contributed by atoms with E-state index in [1.807, 2.05) is 18.2 Å². The molecule has 1 aromatic rings. The first-order valence-electron chi connectivity index (χ1n) is 10.1. The molecular formula is C21H31N3O3. The number of piperidine rings is 2. The predicted molar refractivity (Wildman–Crippen MR) is 107 cm³/mol. The van der Waals surface area contributed by atoms with Gasteiger partial charge in [-0.1, -0.05) is 6.92 Å². The third kappa shape index (κ3) is 5.01. The van der Waals surface area contributed by atoms with Crippen LogP contribution < -0.4 is 20.3 Å². The van der Waals surface area contributed by atoms with Crippen molar-refractivity contribution in [3.63, 3.8) is 0 Å². The molecular weight excluding hydrogens is 342 g/mol. The van der Waals surface area contributed by atoms with Crippen molar-refractivity contribution in [1.29, 1.82) is 0 Å². The highest BCUT2D eigenvalue weighted by molar-refractivity contribution is 5.97. The number of methoxy groups -OCH3 is 1. The average molecular weight is 373 g/mol. The number of hydrogen-bond donors (Lipinski definition) is 2. The number of nitrogens with one attached hydrogen (secondary N) is 2. The Kier molecular flexibility index (Phi) is 6.72. The van der Waals surface area contributed by atoms with Crippen LogP contribution in [0.4, 0.5) is 11.4 Å². The van der Waals surface area contributed by atoms with E-state index >= 15 is 0 Å². The third-order valence-electron chi connectivity index (χ3n) is 5.77. The molecule has 1 unspecified atom stereocenters. The highest BCUT2D eigenvalue weighted by Crippen LogP contribution is 2.34. The Morgan fingerprint density at radius 1 is 1.33 bits per heavy atom. The number of nitrogens with zero attached hydrogens (tertiary/aromatic N) is 1. The molecule has 1 aromatic carbocycles. The lowest BCUT2D eigenvalue weighted by Gasteiger charge is -2.29. The molecule has 6 heteroatoms. The van der Waals surface area contributed by atoms with Crippen LogP contribution >= 0.6 is 0 Å². The highest BCUT2D eigenvalue weighted by Gasteiger charge is 2.24. The molecule has 3 rings (SSSR count). The largest absolute Gasteiger partial charge is 0.495 e. The van der Waals surface area contributed by atoms with Gasteiger partial charge in [-0.05, 0) is 68.8 Å². The Hall–Kier alpha value is -2.08. The summed E-state index contributed by atoms with van der Waals surface area (Å²) in [5.74, 6) is 1.78. The van der Waals surface area contributed by atoms with Crippen LogP contribution in [-0.4, -0.2) is 38.6 Å². The highest BCUT2D eigenvalue weighted by atomic mass is 16.5. The third-order valence-corrected chi connectivity index (χ3v) is 5.77. The number of amides is 2. The first-order valence-corrected chi connectivity index (χ1v) is 10.1. The lowest BCUT2D eigenvalue weighted by atomic mass is 9.84. The van der Waals surface area contributed by atoms with E-state index in [4.69, 9.17) is 4.74 Å². The summed E-state index contributed by atoms with van der Waals surface area (Å²) in [6.07, 6.45) is 5.28. The summed E-state index contributed by atoms with van der Waals surface area (Å²) >= 11 is 0. The second-order valence-corrected chi connectivity index (χ2v) is 7.71. The Bertz CT molecular complexity index is 671. The monoisotopic (exact) mass is 373 g/mol. The standard InChI is InChI=1S/C21H31N3O3/c1-15(16-8-10-22-11-9-16)13-20(25)23-17-6-7-19(27-2)18(14-17)24-12-4-3-5-21(24)26/h6-7,14-16,22H,3-5,8-13H2,1-2H3,(H,23,25). The van der Waals surface area contributed by atoms with Crippen molar-refractivity contribution in [2.24, 2.45) is 11.8 Å². The van der Waals surface area contributed by atoms with Gasteiger partial charge < -0.3 is 20.3 Å². The molecule has 2 saturated heterocycles. The maximum atomic E-state index is 12.5. The second-order valence-electron chi connectivity index (χ2n) is 7.71. The van der Waals surface area contributed by atoms with Gasteiger partial charge in [-0.2, -0.15) is 0 Å². The van der Waals surface area contributed by atoms with E-state index in [0.717, 1.165) is 44.5 Å². The van der Waals surface area contributed by atoms with Gasteiger partial charge in [0.1, 0.15) is 5.75 Å². The molecule has 1 atom stereocenters. The fourth-order valence-corrected chi connectivity index (χ4v) is 4.12. The zero-order chi connectivity index (χ0) is 19.2. The summed E-state index contributed by atoms with van der Waals surface area (Å²) < 4.78 is 5.44. The van der Waals surface area contributed by atoms with Crippen molar-refractivity contribution in [2.45, 2.75) is 45.4 Å². The van der Waals surface area contributed by atoms with E-state index < -0.39 is 0 Å². The summed E-state index contributed by atoms with van der Waals surface area (Å²) in [5.41, 5.74) is 1.46. The molecule has 2 aliphatic rings. The SMILES string of the molecule is COc1ccc(NC(=O)CC(C)C2CCNCC2)cc1N1CCCCC1=O. The quantitative estimate of drug-likeness (QED) is 0.803. The van der Waals surface area contributed by atoms with Gasteiger partial charge in [0.25, 0.3) is 0 Å². The molecule has 2 heterocycles. The predicted octanol–water partition coefficient (Wildman–Crippen LogP) is 3.18. The van der Waals surface area contributed by atoms with E-state index in [0.29, 0.717) is 42.7 Å². The summed E-state index contributed by atoms with van der Waals surface area (Å²) in [6, 6.07) is 5.52. The summed E-state index contributed by atoms with van der Waals surface area (Å²) in [4.78, 5) is 26.6. The molecule has 2 aliphatic heterocycles. The fourth-order valence-electron chi connectivity index (χ4n) is 4.12. The topological polar surface area (TPSA) is 70.7 Å². The lowest BCUT2D eigenvalue weighted by molar-refractivity contribution is -0.119. The second kappa shape index (κ2) is 9.22. The van der Waals surface area contributed by atoms with Crippen LogP contribution in [-0.2, 0) is 9.59 Å². The molecule has 0 saturated carbocycles. The smallest absolute Gasteiger partial charge is 0.227 e. The molecule has 27 heavy (non-hydrogen) atoms. The minimum atomic E-state index is 0.0297. The molecule has 6 nitrogen and oxygen atoms in total. The molecule has 0 aliphatic carbocycles. The Labute approximate surface area is 161 Å². The molecule has 0 radical (unpaired) electrons. The van der Waals surface area contributed by atoms with Gasteiger partial charge >= 0.3 is 0 Å². The minimum Gasteiger partial charge on any atom is -0.495 e. The van der Waals surface area contributed by atoms with E-state index in [1.165, 1.54) is 0 Å². The number of anilines is 2. The van der Waals surface area contributed by atoms with Gasteiger partial charge in [0.05, 0.1) is 12.8 Å². The first-order chi connectivity index (χ1) is 13.1. The van der Waals surface area contributed by atoms with Crippen LogP contribution in [0.15, 0.2) is 18.2 Å². The van der Waals surface area contributed by atoms with Crippen molar-refractivity contribution in [3.8, 4) is 5.75 Å². The van der Waals surface area contributed by atoms with Gasteiger partial charge in [-0.15, -0.1) is 0 Å². The van der Waals surface area contributed by atoms with Crippen LogP contribution in [0, 0.1) is 11.8 Å². The van der Waals surface area contributed by atoms with Crippen LogP contribution in [0.3, 0.4) is 0 Å². The van der Waals surface area contributed by atoms with Crippen LogP contribution in [0.1, 0.15) is 45.4 Å². The van der Waals surface area contributed by atoms with E-state index in [9.17, 15) is 9.59 Å². The summed E-state index contributed by atoms with van der Waals surface area (Å²) in [7, 11) is 1.60. The fraction of sp³-hybridized carbons (Fsp3) is 0.619. The molecule has 148 valence electrons. The zero-order valence-electron chi connectivity index (χ0n) is 16.4. The zero-order valence-corrected chi connectivity index (χ0v) is 16.4. The van der Waals surface area contributed by atoms with Crippen molar-refractivity contribution < 1.29 is 14.3 Å². The number of carbonyl (C=O) groups excluding carboxylic acids is 2. The first kappa shape index (κ1) is 19.7. The maximum absolute atomic E-state index is 12.5. The van der Waals surface area contributed by atoms with E-state index in [-0.39, 0.29) is 11.8 Å². The van der Waals surface area contributed by atoms with E-state index in [2.05, 4.69) is 17.6 Å². The lowest BCUT2D eigenvalue weighted by Crippen LogP contribution is -2.35. The molecule has 0 aromatic heterocycles. The summed E-state index contributed by atoms with van der Waals surface area (Å²) in [5, 5.41) is 6.38. The average Bonchev–Trinajstić information content (AvgIpc) is 2.69. The Balaban J connectivity index is 1.66. The maximum Gasteiger partial charge on any atom is 0.227 e. The van der Waals surface area contributed by atoms with Gasteiger partial charge in [0, 0.05) is 25.1 Å². The molecule has 2 fully saturated rings. The van der Waals surface area contributed by atoms with Crippen LogP contribution in [0.25, 0.3) is 0 Å². The number of hydrogen-bond acceptors (Lipinski definition) is 4. The van der Waals surface area contributed by atoms with Gasteiger partial charge in [-0.25, -0.2) is 0 Å². The van der Waals surface area contributed by atoms with E-state index in [1.54, 1.807) is 12.0 Å². The van der Waals surface area contributed by atoms with Gasteiger partial charge in [0.15, 0.2) is 0 Å². The Morgan fingerprint density at radius 3 is 2.81 bits per heavy atom. The normalized spacial score (nSPS) is 19.6. The van der Waals surface area contributed by atoms with Crippen molar-refractivity contribution >= 4 is 23.2 Å². The van der Waals surface area contributed by atoms with Crippen molar-refractivity contribution in [3.05, 3.63) is 18.2 Å². The van der Waals surface area contributed by atoms with Crippen LogP contribution in [0.2, 0.25) is 0 Å². The number of rotatable bonds is 6. The summed E-state index contributed by atoms with van der Waals surface area (Å²) in [6.45, 7) is 4.95.